The molecule has 2 heterocycles. The molecule has 1 fully saturated rings. The summed E-state index contributed by atoms with van der Waals surface area (Å²) in [6, 6.07) is 8.16. The molecule has 4 rings (SSSR count). The van der Waals surface area contributed by atoms with E-state index < -0.39 is 17.4 Å². The van der Waals surface area contributed by atoms with Crippen LogP contribution in [-0.4, -0.2) is 36.8 Å². The summed E-state index contributed by atoms with van der Waals surface area (Å²) >= 11 is 0. The SMILES string of the molecule is CNC(O)c1nn(CC2(n3nc(C)c4ccccc43)CCCC2)cc(O)c1=O. The van der Waals surface area contributed by atoms with Crippen LogP contribution in [0.4, 0.5) is 0 Å². The van der Waals surface area contributed by atoms with E-state index in [1.165, 1.54) is 13.2 Å². The van der Waals surface area contributed by atoms with Crippen molar-refractivity contribution < 1.29 is 10.2 Å². The lowest BCUT2D eigenvalue weighted by Crippen LogP contribution is -2.38. The first-order valence-electron chi connectivity index (χ1n) is 9.56. The number of aromatic nitrogens is 4. The van der Waals surface area contributed by atoms with E-state index in [2.05, 4.69) is 27.2 Å². The molecule has 2 aromatic heterocycles. The van der Waals surface area contributed by atoms with Crippen molar-refractivity contribution >= 4 is 10.9 Å². The van der Waals surface area contributed by atoms with Crippen LogP contribution >= 0.6 is 0 Å². The van der Waals surface area contributed by atoms with E-state index in [0.717, 1.165) is 42.3 Å². The first-order chi connectivity index (χ1) is 13.4. The maximum atomic E-state index is 12.1. The van der Waals surface area contributed by atoms with E-state index in [1.54, 1.807) is 4.68 Å². The van der Waals surface area contributed by atoms with Gasteiger partial charge >= 0.3 is 0 Å². The Morgan fingerprint density at radius 3 is 2.68 bits per heavy atom. The van der Waals surface area contributed by atoms with Gasteiger partial charge in [-0.05, 0) is 32.9 Å². The molecule has 8 nitrogen and oxygen atoms in total. The van der Waals surface area contributed by atoms with Crippen LogP contribution in [0.25, 0.3) is 10.9 Å². The van der Waals surface area contributed by atoms with Crippen LogP contribution in [0.5, 0.6) is 5.75 Å². The van der Waals surface area contributed by atoms with Crippen molar-refractivity contribution in [2.75, 3.05) is 7.05 Å². The molecule has 0 saturated heterocycles. The van der Waals surface area contributed by atoms with Crippen molar-refractivity contribution in [2.45, 2.75) is 50.9 Å². The second-order valence-corrected chi connectivity index (χ2v) is 7.56. The van der Waals surface area contributed by atoms with Gasteiger partial charge in [0, 0.05) is 5.39 Å². The van der Waals surface area contributed by atoms with Crippen molar-refractivity contribution in [2.24, 2.45) is 0 Å². The quantitative estimate of drug-likeness (QED) is 0.580. The number of para-hydroxylation sites is 1. The maximum Gasteiger partial charge on any atom is 0.248 e. The molecular formula is C20H25N5O3. The van der Waals surface area contributed by atoms with Crippen molar-refractivity contribution in [3.8, 4) is 5.75 Å². The van der Waals surface area contributed by atoms with Gasteiger partial charge in [0.1, 0.15) is 0 Å². The highest BCUT2D eigenvalue weighted by Gasteiger charge is 2.39. The zero-order valence-corrected chi connectivity index (χ0v) is 16.1. The predicted molar refractivity (Wildman–Crippen MR) is 105 cm³/mol. The summed E-state index contributed by atoms with van der Waals surface area (Å²) in [6.07, 6.45) is 4.11. The van der Waals surface area contributed by atoms with E-state index in [4.69, 9.17) is 5.10 Å². The van der Waals surface area contributed by atoms with E-state index in [0.29, 0.717) is 6.54 Å². The normalized spacial score (nSPS) is 17.2. The van der Waals surface area contributed by atoms with Gasteiger partial charge in [-0.1, -0.05) is 31.0 Å². The lowest BCUT2D eigenvalue weighted by Gasteiger charge is -2.31. The van der Waals surface area contributed by atoms with Gasteiger partial charge in [0.05, 0.1) is 29.5 Å². The standard InChI is InChI=1S/C20H25N5O3/c1-13-14-7-3-4-8-15(14)25(22-13)20(9-5-6-10-20)12-24-11-16(26)18(27)17(23-24)19(28)21-2/h3-4,7-8,11,19,21,26,28H,5-6,9-10,12H2,1-2H3. The molecule has 1 unspecified atom stereocenters. The lowest BCUT2D eigenvalue weighted by atomic mass is 9.97. The van der Waals surface area contributed by atoms with Crippen LogP contribution in [0.15, 0.2) is 35.3 Å². The highest BCUT2D eigenvalue weighted by atomic mass is 16.3. The zero-order valence-electron chi connectivity index (χ0n) is 16.1. The molecule has 1 atom stereocenters. The molecular weight excluding hydrogens is 358 g/mol. The summed E-state index contributed by atoms with van der Waals surface area (Å²) in [7, 11) is 1.53. The monoisotopic (exact) mass is 383 g/mol. The van der Waals surface area contributed by atoms with Crippen LogP contribution in [0.2, 0.25) is 0 Å². The van der Waals surface area contributed by atoms with Crippen molar-refractivity contribution in [3.05, 3.63) is 52.1 Å². The Hall–Kier alpha value is -2.71. The topological polar surface area (TPSA) is 105 Å². The molecule has 0 aliphatic heterocycles. The minimum absolute atomic E-state index is 0.114. The molecule has 8 heteroatoms. The summed E-state index contributed by atoms with van der Waals surface area (Å²) in [5, 5.41) is 33.0. The Morgan fingerprint density at radius 2 is 1.96 bits per heavy atom. The fraction of sp³-hybridized carbons (Fsp3) is 0.450. The summed E-state index contributed by atoms with van der Waals surface area (Å²) in [6.45, 7) is 2.46. The summed E-state index contributed by atoms with van der Waals surface area (Å²) in [5.41, 5.74) is 0.965. The average molecular weight is 383 g/mol. The van der Waals surface area contributed by atoms with Gasteiger partial charge in [-0.2, -0.15) is 10.2 Å². The van der Waals surface area contributed by atoms with E-state index in [-0.39, 0.29) is 11.2 Å². The van der Waals surface area contributed by atoms with Crippen LogP contribution in [-0.2, 0) is 12.1 Å². The van der Waals surface area contributed by atoms with Gasteiger partial charge < -0.3 is 10.2 Å². The Labute approximate surface area is 162 Å². The number of fused-ring (bicyclic) bond motifs is 1. The molecule has 1 aliphatic carbocycles. The minimum Gasteiger partial charge on any atom is -0.503 e. The second-order valence-electron chi connectivity index (χ2n) is 7.56. The van der Waals surface area contributed by atoms with E-state index >= 15 is 0 Å². The molecule has 0 amide bonds. The van der Waals surface area contributed by atoms with Crippen molar-refractivity contribution in [3.63, 3.8) is 0 Å². The number of aliphatic hydroxyl groups is 1. The lowest BCUT2D eigenvalue weighted by molar-refractivity contribution is 0.137. The molecule has 1 aromatic carbocycles. The number of aryl methyl sites for hydroxylation is 1. The smallest absolute Gasteiger partial charge is 0.248 e. The molecule has 28 heavy (non-hydrogen) atoms. The molecule has 148 valence electrons. The second kappa shape index (κ2) is 7.03. The van der Waals surface area contributed by atoms with Gasteiger partial charge in [0.25, 0.3) is 0 Å². The Balaban J connectivity index is 1.82. The number of aliphatic hydroxyl groups excluding tert-OH is 1. The fourth-order valence-electron chi connectivity index (χ4n) is 4.30. The van der Waals surface area contributed by atoms with Crippen LogP contribution < -0.4 is 10.7 Å². The highest BCUT2D eigenvalue weighted by molar-refractivity contribution is 5.82. The first kappa shape index (κ1) is 18.6. The van der Waals surface area contributed by atoms with Gasteiger partial charge in [-0.3, -0.25) is 19.5 Å². The largest absolute Gasteiger partial charge is 0.503 e. The van der Waals surface area contributed by atoms with Crippen LogP contribution in [0.3, 0.4) is 0 Å². The first-order valence-corrected chi connectivity index (χ1v) is 9.56. The van der Waals surface area contributed by atoms with Crippen molar-refractivity contribution in [1.82, 2.24) is 24.9 Å². The number of aromatic hydroxyl groups is 1. The number of benzene rings is 1. The Kier molecular flexibility index (Phi) is 4.68. The number of hydrogen-bond donors (Lipinski definition) is 3. The molecule has 3 aromatic rings. The summed E-state index contributed by atoms with van der Waals surface area (Å²) < 4.78 is 3.65. The highest BCUT2D eigenvalue weighted by Crippen LogP contribution is 2.40. The molecule has 0 spiro atoms. The minimum atomic E-state index is -1.24. The maximum absolute atomic E-state index is 12.1. The number of nitrogens with one attached hydrogen (secondary N) is 1. The van der Waals surface area contributed by atoms with E-state index in [9.17, 15) is 15.0 Å². The fourth-order valence-corrected chi connectivity index (χ4v) is 4.30. The molecule has 0 radical (unpaired) electrons. The van der Waals surface area contributed by atoms with Gasteiger partial charge in [0.2, 0.25) is 5.43 Å². The van der Waals surface area contributed by atoms with E-state index in [1.807, 2.05) is 19.1 Å². The summed E-state index contributed by atoms with van der Waals surface area (Å²) in [4.78, 5) is 12.1. The molecule has 1 aliphatic rings. The van der Waals surface area contributed by atoms with Gasteiger partial charge in [-0.15, -0.1) is 0 Å². The third kappa shape index (κ3) is 2.98. The number of nitrogens with zero attached hydrogens (tertiary/aromatic N) is 4. The number of rotatable bonds is 5. The van der Waals surface area contributed by atoms with Gasteiger partial charge in [0.15, 0.2) is 17.7 Å². The van der Waals surface area contributed by atoms with Gasteiger partial charge in [-0.25, -0.2) is 0 Å². The molecule has 1 saturated carbocycles. The number of hydrogen-bond acceptors (Lipinski definition) is 6. The third-order valence-corrected chi connectivity index (χ3v) is 5.72. The Bertz CT molecular complexity index is 1070. The predicted octanol–water partition coefficient (Wildman–Crippen LogP) is 1.79. The van der Waals surface area contributed by atoms with Crippen LogP contribution in [0.1, 0.15) is 43.3 Å². The Morgan fingerprint density at radius 1 is 1.25 bits per heavy atom. The van der Waals surface area contributed by atoms with Crippen molar-refractivity contribution in [1.29, 1.82) is 0 Å². The third-order valence-electron chi connectivity index (χ3n) is 5.72. The van der Waals surface area contributed by atoms with Crippen LogP contribution in [0, 0.1) is 6.92 Å². The molecule has 0 bridgehead atoms. The summed E-state index contributed by atoms with van der Waals surface area (Å²) in [5.74, 6) is -0.422. The average Bonchev–Trinajstić information content (AvgIpc) is 3.30. The zero-order chi connectivity index (χ0) is 19.9. The molecule has 3 N–H and O–H groups in total.